The summed E-state index contributed by atoms with van der Waals surface area (Å²) in [6.45, 7) is 0. The van der Waals surface area contributed by atoms with Crippen molar-refractivity contribution >= 4 is 39.3 Å². The Morgan fingerprint density at radius 2 is 2.08 bits per heavy atom. The van der Waals surface area contributed by atoms with E-state index in [0.29, 0.717) is 16.8 Å². The van der Waals surface area contributed by atoms with Gasteiger partial charge in [-0.05, 0) is 31.3 Å². The van der Waals surface area contributed by atoms with Crippen LogP contribution in [0.25, 0.3) is 11.8 Å². The Hall–Kier alpha value is -2.91. The molecule has 2 heterocycles. The summed E-state index contributed by atoms with van der Waals surface area (Å²) in [6, 6.07) is 5.88. The maximum atomic E-state index is 12.2. The summed E-state index contributed by atoms with van der Waals surface area (Å²) in [5.41, 5.74) is 6.76. The molecular weight excluding hydrogens is 332 g/mol. The van der Waals surface area contributed by atoms with Gasteiger partial charge in [-0.3, -0.25) is 9.59 Å². The van der Waals surface area contributed by atoms with Gasteiger partial charge < -0.3 is 15.6 Å². The van der Waals surface area contributed by atoms with Crippen LogP contribution in [0.4, 0.5) is 5.69 Å². The lowest BCUT2D eigenvalue weighted by Crippen LogP contribution is -2.18. The number of nitrogens with one attached hydrogen (secondary N) is 2. The number of carbonyl (C=O) groups is 2. The van der Waals surface area contributed by atoms with Crippen molar-refractivity contribution in [1.29, 1.82) is 0 Å². The number of hydrogen-bond acceptors (Lipinski definition) is 4. The molecule has 8 nitrogen and oxygen atoms in total. The molecule has 2 aromatic rings. The predicted octanol–water partition coefficient (Wildman–Crippen LogP) is 0.445. The van der Waals surface area contributed by atoms with Crippen LogP contribution < -0.4 is 15.8 Å². The van der Waals surface area contributed by atoms with Gasteiger partial charge in [-0.25, -0.2) is 13.1 Å². The first-order valence-corrected chi connectivity index (χ1v) is 8.38. The predicted molar refractivity (Wildman–Crippen MR) is 88.4 cm³/mol. The van der Waals surface area contributed by atoms with Crippen LogP contribution in [0.15, 0.2) is 41.6 Å². The molecule has 4 N–H and O–H groups in total. The third-order valence-corrected chi connectivity index (χ3v) is 5.04. The van der Waals surface area contributed by atoms with Gasteiger partial charge in [0.1, 0.15) is 0 Å². The molecule has 1 aliphatic rings. The molecule has 24 heavy (non-hydrogen) atoms. The number of rotatable bonds is 4. The van der Waals surface area contributed by atoms with Gasteiger partial charge >= 0.3 is 0 Å². The van der Waals surface area contributed by atoms with Crippen LogP contribution in [0.3, 0.4) is 0 Å². The first-order valence-electron chi connectivity index (χ1n) is 6.90. The topological polar surface area (TPSA) is 123 Å². The van der Waals surface area contributed by atoms with Crippen LogP contribution in [0.1, 0.15) is 15.9 Å². The molecule has 0 unspecified atom stereocenters. The van der Waals surface area contributed by atoms with E-state index in [1.807, 2.05) is 0 Å². The summed E-state index contributed by atoms with van der Waals surface area (Å²) in [6.07, 6.45) is 4.56. The third kappa shape index (κ3) is 2.70. The van der Waals surface area contributed by atoms with Gasteiger partial charge in [0, 0.05) is 29.8 Å². The number of nitrogens with zero attached hydrogens (tertiary/aromatic N) is 1. The highest BCUT2D eigenvalue weighted by atomic mass is 32.2. The van der Waals surface area contributed by atoms with E-state index in [-0.39, 0.29) is 16.4 Å². The van der Waals surface area contributed by atoms with Crippen molar-refractivity contribution in [3.8, 4) is 0 Å². The molecule has 0 fully saturated rings. The van der Waals surface area contributed by atoms with Crippen LogP contribution in [0, 0.1) is 0 Å². The van der Waals surface area contributed by atoms with Crippen LogP contribution in [0.5, 0.6) is 0 Å². The van der Waals surface area contributed by atoms with Crippen molar-refractivity contribution < 1.29 is 18.0 Å². The lowest BCUT2D eigenvalue weighted by Gasteiger charge is -2.05. The van der Waals surface area contributed by atoms with Gasteiger partial charge in [-0.1, -0.05) is 0 Å². The van der Waals surface area contributed by atoms with Gasteiger partial charge in [0.2, 0.25) is 15.9 Å². The van der Waals surface area contributed by atoms with E-state index in [4.69, 9.17) is 5.73 Å². The number of nitrogens with two attached hydrogens (primary N) is 1. The number of primary amides is 1. The zero-order chi connectivity index (χ0) is 17.5. The van der Waals surface area contributed by atoms with Crippen molar-refractivity contribution in [2.45, 2.75) is 4.90 Å². The molecule has 0 atom stereocenters. The highest BCUT2D eigenvalue weighted by Crippen LogP contribution is 2.34. The highest BCUT2D eigenvalue weighted by molar-refractivity contribution is 7.89. The molecule has 2 amide bonds. The number of fused-ring (bicyclic) bond motifs is 1. The van der Waals surface area contributed by atoms with E-state index in [1.165, 1.54) is 48.3 Å². The monoisotopic (exact) mass is 346 g/mol. The van der Waals surface area contributed by atoms with E-state index in [9.17, 15) is 18.0 Å². The third-order valence-electron chi connectivity index (χ3n) is 3.63. The summed E-state index contributed by atoms with van der Waals surface area (Å²) in [4.78, 5) is 23.3. The lowest BCUT2D eigenvalue weighted by atomic mass is 10.1. The molecular formula is C15H14N4O4S. The molecule has 1 aromatic heterocycles. The fourth-order valence-corrected chi connectivity index (χ4v) is 3.12. The number of amides is 2. The quantitative estimate of drug-likeness (QED) is 0.695. The van der Waals surface area contributed by atoms with Gasteiger partial charge in [0.25, 0.3) is 5.91 Å². The van der Waals surface area contributed by atoms with Gasteiger partial charge in [0.05, 0.1) is 16.0 Å². The van der Waals surface area contributed by atoms with Crippen molar-refractivity contribution in [2.24, 2.45) is 5.73 Å². The maximum absolute atomic E-state index is 12.2. The number of anilines is 1. The number of carbonyl (C=O) groups excluding carboxylic acids is 2. The lowest BCUT2D eigenvalue weighted by molar-refractivity contribution is -0.110. The molecule has 0 saturated carbocycles. The summed E-state index contributed by atoms with van der Waals surface area (Å²) in [7, 11) is -2.31. The van der Waals surface area contributed by atoms with Crippen molar-refractivity contribution in [3.63, 3.8) is 0 Å². The Labute approximate surface area is 138 Å². The van der Waals surface area contributed by atoms with Gasteiger partial charge in [-0.2, -0.15) is 0 Å². The molecule has 0 spiro atoms. The molecule has 0 bridgehead atoms. The average Bonchev–Trinajstić information content (AvgIpc) is 3.13. The molecule has 0 radical (unpaired) electrons. The van der Waals surface area contributed by atoms with Crippen molar-refractivity contribution in [2.75, 3.05) is 12.4 Å². The minimum Gasteiger partial charge on any atom is -0.366 e. The number of benzene rings is 1. The van der Waals surface area contributed by atoms with Crippen LogP contribution >= 0.6 is 0 Å². The highest BCUT2D eigenvalue weighted by Gasteiger charge is 2.26. The molecule has 3 rings (SSSR count). The Bertz CT molecular complexity index is 989. The Morgan fingerprint density at radius 1 is 1.33 bits per heavy atom. The SMILES string of the molecule is CNS(=O)(=O)c1ccc2c(c1)/C(=C/n1ccc(C(N)=O)c1)C(=O)N2. The van der Waals surface area contributed by atoms with Crippen molar-refractivity contribution in [1.82, 2.24) is 9.29 Å². The molecule has 9 heteroatoms. The first-order chi connectivity index (χ1) is 11.3. The summed E-state index contributed by atoms with van der Waals surface area (Å²) in [5.74, 6) is -0.941. The van der Waals surface area contributed by atoms with Crippen LogP contribution in [0.2, 0.25) is 0 Å². The normalized spacial score (nSPS) is 15.4. The fourth-order valence-electron chi connectivity index (χ4n) is 2.37. The van der Waals surface area contributed by atoms with Crippen LogP contribution in [-0.2, 0) is 14.8 Å². The fraction of sp³-hybridized carbons (Fsp3) is 0.0667. The second kappa shape index (κ2) is 5.62. The second-order valence-corrected chi connectivity index (χ2v) is 7.01. The zero-order valence-corrected chi connectivity index (χ0v) is 13.4. The van der Waals surface area contributed by atoms with E-state index < -0.39 is 15.9 Å². The number of hydrogen-bond donors (Lipinski definition) is 3. The van der Waals surface area contributed by atoms with Crippen LogP contribution in [-0.4, -0.2) is 31.8 Å². The largest absolute Gasteiger partial charge is 0.366 e. The standard InChI is InChI=1S/C15H14N4O4S/c1-17-24(22,23)10-2-3-13-11(6-10)12(15(21)18-13)8-19-5-4-9(7-19)14(16)20/h2-8,17H,1H3,(H2,16,20)(H,18,21)/b12-8-. The maximum Gasteiger partial charge on any atom is 0.257 e. The smallest absolute Gasteiger partial charge is 0.257 e. The van der Waals surface area contributed by atoms with Gasteiger partial charge in [0.15, 0.2) is 0 Å². The minimum absolute atomic E-state index is 0.0523. The molecule has 1 aliphatic heterocycles. The van der Waals surface area contributed by atoms with E-state index in [1.54, 1.807) is 6.20 Å². The second-order valence-electron chi connectivity index (χ2n) is 5.12. The Morgan fingerprint density at radius 3 is 2.71 bits per heavy atom. The Kier molecular flexibility index (Phi) is 3.74. The number of sulfonamides is 1. The number of aromatic nitrogens is 1. The molecule has 1 aromatic carbocycles. The summed E-state index contributed by atoms with van der Waals surface area (Å²) < 4.78 is 27.6. The van der Waals surface area contributed by atoms with Gasteiger partial charge in [-0.15, -0.1) is 0 Å². The van der Waals surface area contributed by atoms with Crippen molar-refractivity contribution in [3.05, 3.63) is 47.8 Å². The molecule has 0 saturated heterocycles. The van der Waals surface area contributed by atoms with E-state index in [0.717, 1.165) is 0 Å². The first kappa shape index (κ1) is 16.0. The zero-order valence-electron chi connectivity index (χ0n) is 12.6. The average molecular weight is 346 g/mol. The summed E-state index contributed by atoms with van der Waals surface area (Å²) >= 11 is 0. The summed E-state index contributed by atoms with van der Waals surface area (Å²) in [5, 5.41) is 2.67. The van der Waals surface area contributed by atoms with E-state index in [2.05, 4.69) is 10.0 Å². The molecule has 0 aliphatic carbocycles. The minimum atomic E-state index is -3.62. The molecule has 124 valence electrons. The Balaban J connectivity index is 2.08. The van der Waals surface area contributed by atoms with E-state index >= 15 is 0 Å².